The van der Waals surface area contributed by atoms with Gasteiger partial charge in [-0.2, -0.15) is 13.2 Å². The van der Waals surface area contributed by atoms with Gasteiger partial charge in [-0.05, 0) is 12.5 Å². The van der Waals surface area contributed by atoms with Gasteiger partial charge in [-0.3, -0.25) is 9.79 Å². The molecule has 0 bridgehead atoms. The van der Waals surface area contributed by atoms with Gasteiger partial charge in [0.2, 0.25) is 5.91 Å². The van der Waals surface area contributed by atoms with E-state index in [9.17, 15) is 18.0 Å². The highest BCUT2D eigenvalue weighted by Gasteiger charge is 2.28. The number of anilines is 1. The minimum Gasteiger partial charge on any atom is -0.310 e. The first-order chi connectivity index (χ1) is 8.97. The standard InChI is InChI=1S/C13H13F3N2O/c14-13(15,16)6-3-7-18-11-5-2-1-4-10(11)8-17-9-12(18)19/h1-2,4-5,8H,3,6-7,9H2. The van der Waals surface area contributed by atoms with E-state index in [-0.39, 0.29) is 25.4 Å². The fourth-order valence-corrected chi connectivity index (χ4v) is 1.97. The number of amides is 1. The van der Waals surface area contributed by atoms with Crippen LogP contribution in [0.25, 0.3) is 0 Å². The summed E-state index contributed by atoms with van der Waals surface area (Å²) in [4.78, 5) is 17.2. The third-order valence-corrected chi connectivity index (χ3v) is 2.83. The number of hydrogen-bond acceptors (Lipinski definition) is 2. The lowest BCUT2D eigenvalue weighted by molar-refractivity contribution is -0.135. The second kappa shape index (κ2) is 5.42. The van der Waals surface area contributed by atoms with Crippen molar-refractivity contribution in [1.29, 1.82) is 0 Å². The second-order valence-corrected chi connectivity index (χ2v) is 4.29. The Morgan fingerprint density at radius 1 is 1.26 bits per heavy atom. The van der Waals surface area contributed by atoms with E-state index in [0.29, 0.717) is 5.69 Å². The minimum absolute atomic E-state index is 0.0271. The van der Waals surface area contributed by atoms with Crippen molar-refractivity contribution >= 4 is 17.8 Å². The molecule has 0 aliphatic carbocycles. The summed E-state index contributed by atoms with van der Waals surface area (Å²) in [5, 5.41) is 0. The Labute approximate surface area is 108 Å². The first kappa shape index (κ1) is 13.6. The van der Waals surface area contributed by atoms with Crippen molar-refractivity contribution < 1.29 is 18.0 Å². The highest BCUT2D eigenvalue weighted by Crippen LogP contribution is 2.25. The number of nitrogens with zero attached hydrogens (tertiary/aromatic N) is 2. The van der Waals surface area contributed by atoms with Crippen LogP contribution in [0.5, 0.6) is 0 Å². The SMILES string of the molecule is O=C1CN=Cc2ccccc2N1CCCC(F)(F)F. The van der Waals surface area contributed by atoms with E-state index < -0.39 is 12.6 Å². The zero-order valence-corrected chi connectivity index (χ0v) is 10.2. The van der Waals surface area contributed by atoms with Crippen LogP contribution < -0.4 is 4.90 Å². The van der Waals surface area contributed by atoms with Gasteiger partial charge in [-0.1, -0.05) is 18.2 Å². The zero-order valence-electron chi connectivity index (χ0n) is 10.2. The molecule has 0 atom stereocenters. The van der Waals surface area contributed by atoms with Crippen molar-refractivity contribution in [2.75, 3.05) is 18.0 Å². The van der Waals surface area contributed by atoms with E-state index in [0.717, 1.165) is 5.56 Å². The van der Waals surface area contributed by atoms with Gasteiger partial charge in [0.15, 0.2) is 0 Å². The van der Waals surface area contributed by atoms with E-state index in [1.54, 1.807) is 30.5 Å². The lowest BCUT2D eigenvalue weighted by Gasteiger charge is -2.22. The van der Waals surface area contributed by atoms with E-state index in [2.05, 4.69) is 4.99 Å². The molecule has 1 aromatic carbocycles. The predicted molar refractivity (Wildman–Crippen MR) is 66.5 cm³/mol. The number of carbonyl (C=O) groups excluding carboxylic acids is 1. The number of rotatable bonds is 3. The van der Waals surface area contributed by atoms with Crippen molar-refractivity contribution in [3.8, 4) is 0 Å². The first-order valence-corrected chi connectivity index (χ1v) is 5.93. The zero-order chi connectivity index (χ0) is 13.9. The molecule has 1 aliphatic rings. The van der Waals surface area contributed by atoms with Crippen LogP contribution in [-0.2, 0) is 4.79 Å². The van der Waals surface area contributed by atoms with Gasteiger partial charge in [0.1, 0.15) is 6.54 Å². The van der Waals surface area contributed by atoms with Gasteiger partial charge in [0, 0.05) is 24.7 Å². The molecule has 0 fully saturated rings. The number of carbonyl (C=O) groups is 1. The van der Waals surface area contributed by atoms with Crippen molar-refractivity contribution in [2.45, 2.75) is 19.0 Å². The Balaban J connectivity index is 2.13. The Kier molecular flexibility index (Phi) is 3.87. The monoisotopic (exact) mass is 270 g/mol. The summed E-state index contributed by atoms with van der Waals surface area (Å²) in [5.41, 5.74) is 1.37. The third kappa shape index (κ3) is 3.56. The van der Waals surface area contributed by atoms with Gasteiger partial charge in [0.25, 0.3) is 0 Å². The summed E-state index contributed by atoms with van der Waals surface area (Å²) in [6.45, 7) is 0.0272. The van der Waals surface area contributed by atoms with Crippen molar-refractivity contribution in [3.05, 3.63) is 29.8 Å². The largest absolute Gasteiger partial charge is 0.389 e. The number of halogens is 3. The quantitative estimate of drug-likeness (QED) is 0.831. The summed E-state index contributed by atoms with van der Waals surface area (Å²) < 4.78 is 36.5. The van der Waals surface area contributed by atoms with Gasteiger partial charge in [0.05, 0.1) is 5.69 Å². The van der Waals surface area contributed by atoms with Crippen LogP contribution in [0.1, 0.15) is 18.4 Å². The topological polar surface area (TPSA) is 32.7 Å². The number of hydrogen-bond donors (Lipinski definition) is 0. The fraction of sp³-hybridized carbons (Fsp3) is 0.385. The van der Waals surface area contributed by atoms with Gasteiger partial charge in [-0.25, -0.2) is 0 Å². The number of aliphatic imine (C=N–C) groups is 1. The fourth-order valence-electron chi connectivity index (χ4n) is 1.97. The van der Waals surface area contributed by atoms with Crippen LogP contribution in [0.2, 0.25) is 0 Å². The van der Waals surface area contributed by atoms with E-state index in [1.807, 2.05) is 0 Å². The van der Waals surface area contributed by atoms with E-state index >= 15 is 0 Å². The average molecular weight is 270 g/mol. The van der Waals surface area contributed by atoms with Crippen molar-refractivity contribution in [3.63, 3.8) is 0 Å². The molecule has 0 saturated heterocycles. The molecule has 0 aromatic heterocycles. The Morgan fingerprint density at radius 2 is 2.00 bits per heavy atom. The molecule has 1 amide bonds. The van der Waals surface area contributed by atoms with Gasteiger partial charge >= 0.3 is 6.18 Å². The molecule has 1 aliphatic heterocycles. The molecular formula is C13H13F3N2O. The number of benzene rings is 1. The van der Waals surface area contributed by atoms with Crippen molar-refractivity contribution in [1.82, 2.24) is 0 Å². The highest BCUT2D eigenvalue weighted by molar-refractivity contribution is 6.03. The Hall–Kier alpha value is -1.85. The molecule has 3 nitrogen and oxygen atoms in total. The third-order valence-electron chi connectivity index (χ3n) is 2.83. The highest BCUT2D eigenvalue weighted by atomic mass is 19.4. The molecular weight excluding hydrogens is 257 g/mol. The first-order valence-electron chi connectivity index (χ1n) is 5.93. The Bertz CT molecular complexity index is 497. The van der Waals surface area contributed by atoms with Crippen LogP contribution in [0.4, 0.5) is 18.9 Å². The molecule has 19 heavy (non-hydrogen) atoms. The normalized spacial score (nSPS) is 15.3. The molecule has 0 saturated carbocycles. The molecule has 0 N–H and O–H groups in total. The summed E-state index contributed by atoms with van der Waals surface area (Å²) >= 11 is 0. The molecule has 2 rings (SSSR count). The number of fused-ring (bicyclic) bond motifs is 1. The molecule has 0 unspecified atom stereocenters. The lowest BCUT2D eigenvalue weighted by Crippen LogP contribution is -2.34. The molecule has 1 heterocycles. The summed E-state index contributed by atoms with van der Waals surface area (Å²) in [6, 6.07) is 7.06. The second-order valence-electron chi connectivity index (χ2n) is 4.29. The summed E-state index contributed by atoms with van der Waals surface area (Å²) in [5.74, 6) is -0.275. The van der Waals surface area contributed by atoms with Gasteiger partial charge < -0.3 is 4.90 Å². The number of alkyl halides is 3. The van der Waals surface area contributed by atoms with E-state index in [1.165, 1.54) is 4.90 Å². The number of benzodiazepines with no additional fused rings is 1. The van der Waals surface area contributed by atoms with Crippen LogP contribution >= 0.6 is 0 Å². The summed E-state index contributed by atoms with van der Waals surface area (Å²) in [6.07, 6.45) is -3.61. The maximum Gasteiger partial charge on any atom is 0.389 e. The minimum atomic E-state index is -4.19. The van der Waals surface area contributed by atoms with Crippen LogP contribution in [0, 0.1) is 0 Å². The Morgan fingerprint density at radius 3 is 2.74 bits per heavy atom. The van der Waals surface area contributed by atoms with Crippen molar-refractivity contribution in [2.24, 2.45) is 4.99 Å². The molecule has 102 valence electrons. The molecule has 0 spiro atoms. The average Bonchev–Trinajstić information content (AvgIpc) is 2.48. The van der Waals surface area contributed by atoms with Crippen LogP contribution in [0.15, 0.2) is 29.3 Å². The van der Waals surface area contributed by atoms with Crippen LogP contribution in [-0.4, -0.2) is 31.4 Å². The lowest BCUT2D eigenvalue weighted by atomic mass is 10.1. The van der Waals surface area contributed by atoms with Crippen LogP contribution in [0.3, 0.4) is 0 Å². The molecule has 0 radical (unpaired) electrons. The molecule has 6 heteroatoms. The molecule has 1 aromatic rings. The van der Waals surface area contributed by atoms with Gasteiger partial charge in [-0.15, -0.1) is 0 Å². The van der Waals surface area contributed by atoms with E-state index in [4.69, 9.17) is 0 Å². The predicted octanol–water partition coefficient (Wildman–Crippen LogP) is 2.79. The maximum absolute atomic E-state index is 12.2. The number of para-hydroxylation sites is 1. The maximum atomic E-state index is 12.2. The smallest absolute Gasteiger partial charge is 0.310 e. The summed E-state index contributed by atoms with van der Waals surface area (Å²) in [7, 11) is 0.